The highest BCUT2D eigenvalue weighted by atomic mass is 16.5. The molecule has 0 radical (unpaired) electrons. The summed E-state index contributed by atoms with van der Waals surface area (Å²) in [5.74, 6) is 1.78. The van der Waals surface area contributed by atoms with Crippen molar-refractivity contribution in [3.63, 3.8) is 0 Å². The topological polar surface area (TPSA) is 124 Å². The van der Waals surface area contributed by atoms with Crippen LogP contribution in [0, 0.1) is 11.8 Å². The van der Waals surface area contributed by atoms with Crippen LogP contribution in [0.15, 0.2) is 158 Å². The Morgan fingerprint density at radius 1 is 0.408 bits per heavy atom. The van der Waals surface area contributed by atoms with Gasteiger partial charge < -0.3 is 28.4 Å². The standard InChI is InChI=1S/C61H66O10/c1-5-6-7-8-9-10-11-12-13-41-66-52-28-22-47(23-29-52)58(62)69-55-32-24-48(25-33-55)59(63)68-54-30-20-46(21-31-54)50-18-15-19-51(43-50)61(65)71-56-34-26-49(27-35-56)60(64)70-57-38-36-53(37-39-57)67-42-40-45(4)17-14-16-44(2)3/h5,15,18-39,43-45H,1,6-14,16-17,40-42H2,2-4H3/t45-/m0/s1. The molecule has 0 heterocycles. The van der Waals surface area contributed by atoms with Crippen LogP contribution in [0.4, 0.5) is 0 Å². The number of benzene rings is 6. The Labute approximate surface area is 418 Å². The molecule has 0 unspecified atom stereocenters. The third kappa shape index (κ3) is 18.1. The number of esters is 4. The lowest BCUT2D eigenvalue weighted by Crippen LogP contribution is -2.10. The highest BCUT2D eigenvalue weighted by Gasteiger charge is 2.16. The minimum absolute atomic E-state index is 0.263. The molecule has 0 fully saturated rings. The molecule has 0 aliphatic carbocycles. The number of carbonyl (C=O) groups is 4. The number of rotatable bonds is 28. The summed E-state index contributed by atoms with van der Waals surface area (Å²) < 4.78 is 34.1. The fourth-order valence-corrected chi connectivity index (χ4v) is 7.68. The zero-order valence-corrected chi connectivity index (χ0v) is 41.3. The van der Waals surface area contributed by atoms with E-state index in [1.54, 1.807) is 91.0 Å². The summed E-state index contributed by atoms with van der Waals surface area (Å²) in [6.45, 7) is 11.8. The van der Waals surface area contributed by atoms with Gasteiger partial charge >= 0.3 is 23.9 Å². The molecule has 6 aromatic rings. The molecule has 10 nitrogen and oxygen atoms in total. The van der Waals surface area contributed by atoms with Crippen molar-refractivity contribution in [2.75, 3.05) is 13.2 Å². The normalized spacial score (nSPS) is 11.3. The lowest BCUT2D eigenvalue weighted by molar-refractivity contribution is 0.0720. The Balaban J connectivity index is 0.902. The second kappa shape index (κ2) is 28.3. The predicted molar refractivity (Wildman–Crippen MR) is 278 cm³/mol. The Kier molecular flexibility index (Phi) is 21.1. The van der Waals surface area contributed by atoms with E-state index in [2.05, 4.69) is 27.4 Å². The van der Waals surface area contributed by atoms with E-state index in [9.17, 15) is 19.2 Å². The number of hydrogen-bond donors (Lipinski definition) is 0. The summed E-state index contributed by atoms with van der Waals surface area (Å²) in [5, 5.41) is 0. The number of unbranched alkanes of at least 4 members (excludes halogenated alkanes) is 7. The average molecular weight is 959 g/mol. The van der Waals surface area contributed by atoms with Gasteiger partial charge in [-0.25, -0.2) is 19.2 Å². The molecule has 0 amide bonds. The monoisotopic (exact) mass is 958 g/mol. The highest BCUT2D eigenvalue weighted by molar-refractivity contribution is 5.94. The number of carbonyl (C=O) groups excluding carboxylic acids is 4. The van der Waals surface area contributed by atoms with Gasteiger partial charge in [0.05, 0.1) is 35.5 Å². The van der Waals surface area contributed by atoms with Gasteiger partial charge in [0.15, 0.2) is 0 Å². The van der Waals surface area contributed by atoms with Gasteiger partial charge in [-0.15, -0.1) is 6.58 Å². The molecule has 0 saturated carbocycles. The molecule has 0 saturated heterocycles. The molecule has 370 valence electrons. The van der Waals surface area contributed by atoms with Gasteiger partial charge in [0.1, 0.15) is 34.5 Å². The molecule has 0 aliphatic heterocycles. The van der Waals surface area contributed by atoms with Crippen LogP contribution in [0.5, 0.6) is 34.5 Å². The minimum Gasteiger partial charge on any atom is -0.494 e. The fraction of sp³-hybridized carbons (Fsp3) is 0.311. The van der Waals surface area contributed by atoms with E-state index in [-0.39, 0.29) is 17.1 Å². The lowest BCUT2D eigenvalue weighted by atomic mass is 9.98. The first-order chi connectivity index (χ1) is 34.5. The highest BCUT2D eigenvalue weighted by Crippen LogP contribution is 2.27. The van der Waals surface area contributed by atoms with Crippen LogP contribution < -0.4 is 28.4 Å². The number of hydrogen-bond acceptors (Lipinski definition) is 10. The number of allylic oxidation sites excluding steroid dienone is 1. The first kappa shape index (κ1) is 52.9. The third-order valence-electron chi connectivity index (χ3n) is 11.9. The van der Waals surface area contributed by atoms with Gasteiger partial charge in [-0.1, -0.05) is 102 Å². The molecule has 6 rings (SSSR count). The maximum Gasteiger partial charge on any atom is 0.343 e. The van der Waals surface area contributed by atoms with Crippen molar-refractivity contribution in [2.45, 2.75) is 97.8 Å². The van der Waals surface area contributed by atoms with E-state index >= 15 is 0 Å². The van der Waals surface area contributed by atoms with E-state index < -0.39 is 23.9 Å². The smallest absolute Gasteiger partial charge is 0.343 e. The predicted octanol–water partition coefficient (Wildman–Crippen LogP) is 15.1. The van der Waals surface area contributed by atoms with E-state index in [4.69, 9.17) is 28.4 Å². The number of ether oxygens (including phenoxy) is 6. The summed E-state index contributed by atoms with van der Waals surface area (Å²) >= 11 is 0. The van der Waals surface area contributed by atoms with Gasteiger partial charge in [0, 0.05) is 0 Å². The second-order valence-corrected chi connectivity index (χ2v) is 18.2. The Bertz CT molecular complexity index is 2600. The zero-order chi connectivity index (χ0) is 50.2. The second-order valence-electron chi connectivity index (χ2n) is 18.2. The summed E-state index contributed by atoms with van der Waals surface area (Å²) in [7, 11) is 0. The molecule has 6 aromatic carbocycles. The van der Waals surface area contributed by atoms with Crippen LogP contribution in [-0.2, 0) is 0 Å². The van der Waals surface area contributed by atoms with Gasteiger partial charge in [-0.3, -0.25) is 0 Å². The van der Waals surface area contributed by atoms with Crippen molar-refractivity contribution in [1.82, 2.24) is 0 Å². The molecule has 71 heavy (non-hydrogen) atoms. The maximum absolute atomic E-state index is 13.2. The molecule has 0 aliphatic rings. The summed E-state index contributed by atoms with van der Waals surface area (Å²) in [6, 6.07) is 40.0. The van der Waals surface area contributed by atoms with Crippen molar-refractivity contribution in [1.29, 1.82) is 0 Å². The largest absolute Gasteiger partial charge is 0.494 e. The molecular weight excluding hydrogens is 893 g/mol. The van der Waals surface area contributed by atoms with Crippen molar-refractivity contribution in [3.05, 3.63) is 181 Å². The first-order valence-electron chi connectivity index (χ1n) is 24.9. The van der Waals surface area contributed by atoms with Crippen molar-refractivity contribution in [2.24, 2.45) is 11.8 Å². The van der Waals surface area contributed by atoms with Crippen molar-refractivity contribution < 1.29 is 47.6 Å². The summed E-state index contributed by atoms with van der Waals surface area (Å²) in [6.07, 6.45) is 16.1. The fourth-order valence-electron chi connectivity index (χ4n) is 7.68. The van der Waals surface area contributed by atoms with Crippen LogP contribution in [0.2, 0.25) is 0 Å². The van der Waals surface area contributed by atoms with Gasteiger partial charge in [-0.05, 0) is 170 Å². The van der Waals surface area contributed by atoms with Crippen LogP contribution in [0.25, 0.3) is 11.1 Å². The minimum atomic E-state index is -0.584. The zero-order valence-electron chi connectivity index (χ0n) is 41.3. The molecular formula is C61H66O10. The average Bonchev–Trinajstić information content (AvgIpc) is 3.38. The molecule has 0 aromatic heterocycles. The van der Waals surface area contributed by atoms with Crippen molar-refractivity contribution in [3.8, 4) is 45.6 Å². The molecule has 0 spiro atoms. The third-order valence-corrected chi connectivity index (χ3v) is 11.9. The van der Waals surface area contributed by atoms with Crippen LogP contribution in [0.3, 0.4) is 0 Å². The Hall–Kier alpha value is -7.46. The van der Waals surface area contributed by atoms with E-state index in [1.807, 2.05) is 12.1 Å². The Morgan fingerprint density at radius 2 is 0.817 bits per heavy atom. The van der Waals surface area contributed by atoms with Gasteiger partial charge in [0.2, 0.25) is 0 Å². The molecule has 0 N–H and O–H groups in total. The van der Waals surface area contributed by atoms with Crippen molar-refractivity contribution >= 4 is 23.9 Å². The van der Waals surface area contributed by atoms with E-state index in [0.29, 0.717) is 53.1 Å². The van der Waals surface area contributed by atoms with E-state index in [1.165, 1.54) is 99.9 Å². The lowest BCUT2D eigenvalue weighted by Gasteiger charge is -2.13. The van der Waals surface area contributed by atoms with Crippen LogP contribution in [0.1, 0.15) is 139 Å². The van der Waals surface area contributed by atoms with Crippen LogP contribution >= 0.6 is 0 Å². The summed E-state index contributed by atoms with van der Waals surface area (Å²) in [5.41, 5.74) is 2.79. The molecule has 1 atom stereocenters. The van der Waals surface area contributed by atoms with E-state index in [0.717, 1.165) is 48.5 Å². The SMILES string of the molecule is C=CCCCCCCCCCOc1ccc(C(=O)Oc2ccc(C(=O)Oc3ccc(-c4cccc(C(=O)Oc5ccc(C(=O)Oc6ccc(OCC[C@@H](C)CCCC(C)C)cc6)cc5)c4)cc3)cc2)cc1. The molecule has 0 bridgehead atoms. The van der Waals surface area contributed by atoms with Crippen LogP contribution in [-0.4, -0.2) is 37.1 Å². The first-order valence-corrected chi connectivity index (χ1v) is 24.9. The quantitative estimate of drug-likeness (QED) is 0.0203. The summed E-state index contributed by atoms with van der Waals surface area (Å²) in [4.78, 5) is 51.9. The maximum atomic E-state index is 13.2. The van der Waals surface area contributed by atoms with Gasteiger partial charge in [-0.2, -0.15) is 0 Å². The Morgan fingerprint density at radius 3 is 1.31 bits per heavy atom. The van der Waals surface area contributed by atoms with Gasteiger partial charge in [0.25, 0.3) is 0 Å². The molecule has 10 heteroatoms.